The minimum atomic E-state index is -0.461. The fourth-order valence-corrected chi connectivity index (χ4v) is 4.43. The molecule has 0 unspecified atom stereocenters. The SMILES string of the molecule is CN1CCCC[C@H]1c1c(NC(=O)Nc2cnc(-n3nccn3)c(Cl)c2)cnc2cc(Cl)nn12. The topological polar surface area (TPSA) is 118 Å². The number of pyridine rings is 1. The Morgan fingerprint density at radius 1 is 1.09 bits per heavy atom. The molecule has 0 bridgehead atoms. The molecule has 0 saturated carbocycles. The quantitative estimate of drug-likeness (QED) is 0.449. The van der Waals surface area contributed by atoms with Crippen molar-refractivity contribution in [3.63, 3.8) is 0 Å². The van der Waals surface area contributed by atoms with E-state index in [1.54, 1.807) is 22.8 Å². The standard InChI is InChI=1S/C20H20Cl2N10O/c1-30-7-3-2-4-15(30)18-14(11-23-17-9-16(22)29-31(17)18)28-20(33)27-12-8-13(21)19(24-10-12)32-25-5-6-26-32/h5-6,8-11,15H,2-4,7H2,1H3,(H2,27,28,33)/t15-/m0/s1. The Morgan fingerprint density at radius 2 is 1.91 bits per heavy atom. The van der Waals surface area contributed by atoms with Crippen LogP contribution in [0.25, 0.3) is 11.5 Å². The first kappa shape index (κ1) is 21.6. The molecule has 0 radical (unpaired) electrons. The van der Waals surface area contributed by atoms with Crippen molar-refractivity contribution >= 4 is 46.3 Å². The number of hydrogen-bond acceptors (Lipinski definition) is 7. The third kappa shape index (κ3) is 4.34. The third-order valence-electron chi connectivity index (χ3n) is 5.51. The molecule has 0 aromatic carbocycles. The largest absolute Gasteiger partial charge is 0.323 e. The van der Waals surface area contributed by atoms with Crippen LogP contribution in [-0.4, -0.2) is 59.1 Å². The van der Waals surface area contributed by atoms with Crippen molar-refractivity contribution in [3.8, 4) is 5.82 Å². The smallest absolute Gasteiger partial charge is 0.306 e. The molecule has 1 aliphatic heterocycles. The van der Waals surface area contributed by atoms with E-state index >= 15 is 0 Å². The van der Waals surface area contributed by atoms with Crippen molar-refractivity contribution in [2.24, 2.45) is 0 Å². The minimum Gasteiger partial charge on any atom is -0.306 e. The highest BCUT2D eigenvalue weighted by atomic mass is 35.5. The summed E-state index contributed by atoms with van der Waals surface area (Å²) in [4.78, 5) is 25.0. The maximum atomic E-state index is 12.8. The van der Waals surface area contributed by atoms with Gasteiger partial charge in [-0.3, -0.25) is 4.90 Å². The zero-order chi connectivity index (χ0) is 22.9. The number of amides is 2. The van der Waals surface area contributed by atoms with E-state index in [1.807, 2.05) is 0 Å². The average molecular weight is 487 g/mol. The Hall–Kier alpha value is -3.28. The zero-order valence-corrected chi connectivity index (χ0v) is 19.1. The molecular weight excluding hydrogens is 467 g/mol. The average Bonchev–Trinajstić information content (AvgIpc) is 3.44. The van der Waals surface area contributed by atoms with E-state index in [0.29, 0.717) is 33.0 Å². The molecule has 0 spiro atoms. The Balaban J connectivity index is 1.41. The molecule has 1 fully saturated rings. The molecule has 5 rings (SSSR count). The highest BCUT2D eigenvalue weighted by Gasteiger charge is 2.27. The number of nitrogens with zero attached hydrogens (tertiary/aromatic N) is 8. The van der Waals surface area contributed by atoms with Crippen molar-refractivity contribution in [2.75, 3.05) is 24.2 Å². The summed E-state index contributed by atoms with van der Waals surface area (Å²) in [6.07, 6.45) is 9.30. The van der Waals surface area contributed by atoms with Gasteiger partial charge in [0.2, 0.25) is 0 Å². The first-order chi connectivity index (χ1) is 16.0. The monoisotopic (exact) mass is 486 g/mol. The lowest BCUT2D eigenvalue weighted by atomic mass is 9.99. The molecule has 11 nitrogen and oxygen atoms in total. The molecule has 2 amide bonds. The van der Waals surface area contributed by atoms with E-state index in [2.05, 4.69) is 47.8 Å². The Bertz CT molecular complexity index is 1310. The molecule has 1 saturated heterocycles. The van der Waals surface area contributed by atoms with E-state index in [9.17, 15) is 4.79 Å². The molecule has 33 heavy (non-hydrogen) atoms. The number of carbonyl (C=O) groups is 1. The number of hydrogen-bond donors (Lipinski definition) is 2. The summed E-state index contributed by atoms with van der Waals surface area (Å²) in [7, 11) is 2.06. The van der Waals surface area contributed by atoms with Crippen molar-refractivity contribution in [3.05, 3.63) is 52.8 Å². The molecule has 1 atom stereocenters. The number of aromatic nitrogens is 7. The lowest BCUT2D eigenvalue weighted by molar-refractivity contribution is 0.182. The summed E-state index contributed by atoms with van der Waals surface area (Å²) in [5.74, 6) is 0.362. The van der Waals surface area contributed by atoms with Gasteiger partial charge in [-0.15, -0.1) is 4.80 Å². The Labute approximate surface area is 198 Å². The fourth-order valence-electron chi connectivity index (χ4n) is 4.02. The summed E-state index contributed by atoms with van der Waals surface area (Å²) in [5, 5.41) is 18.7. The van der Waals surface area contributed by atoms with Gasteiger partial charge in [-0.1, -0.05) is 29.6 Å². The molecule has 1 aliphatic rings. The van der Waals surface area contributed by atoms with Crippen LogP contribution in [0.2, 0.25) is 10.2 Å². The molecule has 5 heterocycles. The summed E-state index contributed by atoms with van der Waals surface area (Å²) in [6.45, 7) is 0.955. The lowest BCUT2D eigenvalue weighted by Gasteiger charge is -2.33. The lowest BCUT2D eigenvalue weighted by Crippen LogP contribution is -2.32. The van der Waals surface area contributed by atoms with Crippen LogP contribution < -0.4 is 10.6 Å². The number of halogens is 2. The molecule has 0 aliphatic carbocycles. The Morgan fingerprint density at radius 3 is 2.67 bits per heavy atom. The van der Waals surface area contributed by atoms with Crippen LogP contribution in [0.3, 0.4) is 0 Å². The zero-order valence-electron chi connectivity index (χ0n) is 17.6. The van der Waals surface area contributed by atoms with Crippen LogP contribution in [0.4, 0.5) is 16.2 Å². The van der Waals surface area contributed by atoms with Crippen LogP contribution >= 0.6 is 23.2 Å². The second-order valence-corrected chi connectivity index (χ2v) is 8.51. The maximum absolute atomic E-state index is 12.8. The minimum absolute atomic E-state index is 0.0625. The second-order valence-electron chi connectivity index (χ2n) is 7.71. The predicted molar refractivity (Wildman–Crippen MR) is 124 cm³/mol. The molecule has 2 N–H and O–H groups in total. The first-order valence-electron chi connectivity index (χ1n) is 10.3. The van der Waals surface area contributed by atoms with Crippen LogP contribution in [0.1, 0.15) is 31.0 Å². The van der Waals surface area contributed by atoms with E-state index in [0.717, 1.165) is 31.5 Å². The fraction of sp³-hybridized carbons (Fsp3) is 0.300. The van der Waals surface area contributed by atoms with Crippen molar-refractivity contribution in [1.29, 1.82) is 0 Å². The number of likely N-dealkylation sites (tertiary alicyclic amines) is 1. The molecule has 4 aromatic heterocycles. The Kier molecular flexibility index (Phi) is 5.83. The van der Waals surface area contributed by atoms with Crippen LogP contribution in [-0.2, 0) is 0 Å². The van der Waals surface area contributed by atoms with E-state index < -0.39 is 6.03 Å². The number of piperidine rings is 1. The highest BCUT2D eigenvalue weighted by Crippen LogP contribution is 2.34. The summed E-state index contributed by atoms with van der Waals surface area (Å²) in [5.41, 5.74) is 2.43. The molecule has 4 aromatic rings. The number of nitrogens with one attached hydrogen (secondary N) is 2. The van der Waals surface area contributed by atoms with Crippen molar-refractivity contribution in [2.45, 2.75) is 25.3 Å². The predicted octanol–water partition coefficient (Wildman–Crippen LogP) is 3.81. The van der Waals surface area contributed by atoms with E-state index in [4.69, 9.17) is 23.2 Å². The highest BCUT2D eigenvalue weighted by molar-refractivity contribution is 6.32. The molecular formula is C20H20Cl2N10O. The van der Waals surface area contributed by atoms with Crippen LogP contribution in [0, 0.1) is 0 Å². The number of anilines is 2. The van der Waals surface area contributed by atoms with Gasteiger partial charge in [0.05, 0.1) is 52.9 Å². The summed E-state index contributed by atoms with van der Waals surface area (Å²) in [6, 6.07) is 2.88. The van der Waals surface area contributed by atoms with Crippen molar-refractivity contribution in [1.82, 2.24) is 39.5 Å². The van der Waals surface area contributed by atoms with Gasteiger partial charge in [0.15, 0.2) is 16.6 Å². The van der Waals surface area contributed by atoms with Crippen LogP contribution in [0.15, 0.2) is 36.9 Å². The van der Waals surface area contributed by atoms with Crippen molar-refractivity contribution < 1.29 is 4.79 Å². The van der Waals surface area contributed by atoms with Gasteiger partial charge in [-0.2, -0.15) is 15.3 Å². The van der Waals surface area contributed by atoms with E-state index in [1.165, 1.54) is 23.4 Å². The van der Waals surface area contributed by atoms with Gasteiger partial charge in [-0.25, -0.2) is 19.3 Å². The second kappa shape index (κ2) is 8.93. The van der Waals surface area contributed by atoms with Gasteiger partial charge in [0, 0.05) is 6.07 Å². The first-order valence-corrected chi connectivity index (χ1v) is 11.1. The maximum Gasteiger partial charge on any atom is 0.323 e. The van der Waals surface area contributed by atoms with Gasteiger partial charge >= 0.3 is 6.03 Å². The number of carbonyl (C=O) groups excluding carboxylic acids is 1. The molecule has 13 heteroatoms. The number of rotatable bonds is 4. The summed E-state index contributed by atoms with van der Waals surface area (Å²) < 4.78 is 1.70. The molecule has 170 valence electrons. The van der Waals surface area contributed by atoms with E-state index in [-0.39, 0.29) is 6.04 Å². The van der Waals surface area contributed by atoms with Gasteiger partial charge in [0.25, 0.3) is 0 Å². The van der Waals surface area contributed by atoms with Gasteiger partial charge in [-0.05, 0) is 32.5 Å². The van der Waals surface area contributed by atoms with Gasteiger partial charge in [0.1, 0.15) is 0 Å². The number of fused-ring (bicyclic) bond motifs is 1. The van der Waals surface area contributed by atoms with Crippen LogP contribution in [0.5, 0.6) is 0 Å². The third-order valence-corrected chi connectivity index (χ3v) is 5.98. The normalized spacial score (nSPS) is 16.8. The summed E-state index contributed by atoms with van der Waals surface area (Å²) >= 11 is 12.4. The van der Waals surface area contributed by atoms with Gasteiger partial charge < -0.3 is 10.6 Å². The number of urea groups is 1.